The van der Waals surface area contributed by atoms with Crippen LogP contribution in [0.15, 0.2) is 12.1 Å². The van der Waals surface area contributed by atoms with Gasteiger partial charge in [0.2, 0.25) is 0 Å². The lowest BCUT2D eigenvalue weighted by Gasteiger charge is -2.03. The Kier molecular flexibility index (Phi) is 2.29. The highest BCUT2D eigenvalue weighted by Crippen LogP contribution is 2.23. The molecular formula is C10H9ClN2S. The molecule has 0 aliphatic carbocycles. The lowest BCUT2D eigenvalue weighted by Crippen LogP contribution is -1.91. The highest BCUT2D eigenvalue weighted by atomic mass is 35.5. The van der Waals surface area contributed by atoms with Gasteiger partial charge in [-0.25, -0.2) is 4.98 Å². The number of hydrogen-bond acceptors (Lipinski definition) is 2. The zero-order valence-corrected chi connectivity index (χ0v) is 9.46. The first-order chi connectivity index (χ1) is 6.58. The fourth-order valence-electron chi connectivity index (χ4n) is 1.46. The van der Waals surface area contributed by atoms with Crippen molar-refractivity contribution in [2.75, 3.05) is 0 Å². The van der Waals surface area contributed by atoms with Crippen LogP contribution in [0, 0.1) is 18.5 Å². The van der Waals surface area contributed by atoms with E-state index in [1.165, 1.54) is 0 Å². The van der Waals surface area contributed by atoms with Crippen LogP contribution in [0.3, 0.4) is 0 Å². The van der Waals surface area contributed by atoms with Gasteiger partial charge in [-0.15, -0.1) is 0 Å². The normalized spacial score (nSPS) is 10.8. The molecule has 0 fully saturated rings. The number of nitrogens with zero attached hydrogens (tertiary/aromatic N) is 1. The lowest BCUT2D eigenvalue weighted by atomic mass is 10.2. The molecule has 1 aromatic heterocycles. The van der Waals surface area contributed by atoms with Gasteiger partial charge in [0.05, 0.1) is 10.5 Å². The van der Waals surface area contributed by atoms with Crippen LogP contribution in [0.5, 0.6) is 0 Å². The van der Waals surface area contributed by atoms with Crippen LogP contribution in [0.25, 0.3) is 10.9 Å². The Morgan fingerprint density at radius 3 is 2.79 bits per heavy atom. The molecule has 0 saturated heterocycles. The van der Waals surface area contributed by atoms with Gasteiger partial charge in [0.1, 0.15) is 10.5 Å². The predicted octanol–water partition coefficient (Wildman–Crippen LogP) is 3.56. The summed E-state index contributed by atoms with van der Waals surface area (Å²) in [6.07, 6.45) is 0. The van der Waals surface area contributed by atoms with Crippen LogP contribution >= 0.6 is 23.8 Å². The molecule has 0 atom stereocenters. The van der Waals surface area contributed by atoms with Crippen molar-refractivity contribution >= 4 is 34.7 Å². The van der Waals surface area contributed by atoms with Crippen LogP contribution in [0.4, 0.5) is 0 Å². The Hall–Kier alpha value is -0.930. The van der Waals surface area contributed by atoms with Crippen LogP contribution in [-0.2, 0) is 0 Å². The summed E-state index contributed by atoms with van der Waals surface area (Å²) < 4.78 is 0.599. The van der Waals surface area contributed by atoms with E-state index in [0.29, 0.717) is 9.66 Å². The Morgan fingerprint density at radius 1 is 1.36 bits per heavy atom. The fraction of sp³-hybridized carbons (Fsp3) is 0.200. The number of benzene rings is 1. The number of nitrogens with one attached hydrogen (secondary N) is 1. The van der Waals surface area contributed by atoms with Gasteiger partial charge >= 0.3 is 0 Å². The molecule has 0 aliphatic rings. The summed E-state index contributed by atoms with van der Waals surface area (Å²) in [4.78, 5) is 7.30. The first-order valence-electron chi connectivity index (χ1n) is 4.25. The summed E-state index contributed by atoms with van der Waals surface area (Å²) in [6, 6.07) is 3.90. The SMILES string of the molecule is Cc1cc(Cl)c2[nH]c(C)nc(=S)c2c1. The zero-order chi connectivity index (χ0) is 10.3. The van der Waals surface area contributed by atoms with Crippen molar-refractivity contribution in [3.05, 3.63) is 33.2 Å². The van der Waals surface area contributed by atoms with E-state index < -0.39 is 0 Å². The second kappa shape index (κ2) is 3.33. The maximum Gasteiger partial charge on any atom is 0.137 e. The number of fused-ring (bicyclic) bond motifs is 1. The number of aryl methyl sites for hydroxylation is 2. The molecule has 1 heterocycles. The predicted molar refractivity (Wildman–Crippen MR) is 61.4 cm³/mol. The van der Waals surface area contributed by atoms with Gasteiger partial charge in [0, 0.05) is 5.39 Å². The van der Waals surface area contributed by atoms with Crippen molar-refractivity contribution < 1.29 is 0 Å². The Balaban J connectivity index is 3.02. The molecule has 2 nitrogen and oxygen atoms in total. The summed E-state index contributed by atoms with van der Waals surface area (Å²) in [5.74, 6) is 0.785. The zero-order valence-electron chi connectivity index (χ0n) is 7.89. The third kappa shape index (κ3) is 1.53. The van der Waals surface area contributed by atoms with Crippen molar-refractivity contribution in [3.8, 4) is 0 Å². The first-order valence-corrected chi connectivity index (χ1v) is 5.03. The van der Waals surface area contributed by atoms with Crippen molar-refractivity contribution in [3.63, 3.8) is 0 Å². The summed E-state index contributed by atoms with van der Waals surface area (Å²) in [7, 11) is 0. The standard InChI is InChI=1S/C10H9ClN2S/c1-5-3-7-9(8(11)4-5)12-6(2)13-10(7)14/h3-4H,1-2H3,(H,12,13,14). The number of hydrogen-bond donors (Lipinski definition) is 1. The highest BCUT2D eigenvalue weighted by Gasteiger charge is 2.03. The molecule has 72 valence electrons. The number of aromatic nitrogens is 2. The van der Waals surface area contributed by atoms with Crippen molar-refractivity contribution in [2.45, 2.75) is 13.8 Å². The van der Waals surface area contributed by atoms with E-state index in [1.54, 1.807) is 0 Å². The lowest BCUT2D eigenvalue weighted by molar-refractivity contribution is 1.08. The molecule has 1 aromatic carbocycles. The average molecular weight is 225 g/mol. The van der Waals surface area contributed by atoms with Gasteiger partial charge in [0.15, 0.2) is 0 Å². The topological polar surface area (TPSA) is 28.7 Å². The van der Waals surface area contributed by atoms with Crippen molar-refractivity contribution in [1.82, 2.24) is 9.97 Å². The number of rotatable bonds is 0. The van der Waals surface area contributed by atoms with Gasteiger partial charge in [-0.1, -0.05) is 23.8 Å². The fourth-order valence-corrected chi connectivity index (χ4v) is 2.08. The monoisotopic (exact) mass is 224 g/mol. The van der Waals surface area contributed by atoms with E-state index >= 15 is 0 Å². The average Bonchev–Trinajstić information content (AvgIpc) is 2.07. The van der Waals surface area contributed by atoms with Gasteiger partial charge < -0.3 is 4.98 Å². The van der Waals surface area contributed by atoms with Gasteiger partial charge in [-0.05, 0) is 31.5 Å². The second-order valence-corrected chi connectivity index (χ2v) is 4.09. The third-order valence-electron chi connectivity index (χ3n) is 2.04. The molecule has 0 bridgehead atoms. The first kappa shape index (κ1) is 9.62. The summed E-state index contributed by atoms with van der Waals surface area (Å²) in [6.45, 7) is 3.85. The van der Waals surface area contributed by atoms with Gasteiger partial charge in [0.25, 0.3) is 0 Å². The quantitative estimate of drug-likeness (QED) is 0.694. The molecule has 1 N–H and O–H groups in total. The molecular weight excluding hydrogens is 216 g/mol. The van der Waals surface area contributed by atoms with E-state index in [4.69, 9.17) is 23.8 Å². The van der Waals surface area contributed by atoms with Gasteiger partial charge in [-0.2, -0.15) is 0 Å². The van der Waals surface area contributed by atoms with Crippen LogP contribution in [0.1, 0.15) is 11.4 Å². The largest absolute Gasteiger partial charge is 0.342 e. The molecule has 0 amide bonds. The van der Waals surface area contributed by atoms with E-state index in [0.717, 1.165) is 22.3 Å². The Bertz CT molecular complexity index is 560. The summed E-state index contributed by atoms with van der Waals surface area (Å²) >= 11 is 11.3. The maximum atomic E-state index is 6.10. The van der Waals surface area contributed by atoms with E-state index in [9.17, 15) is 0 Å². The molecule has 0 saturated carbocycles. The van der Waals surface area contributed by atoms with E-state index in [-0.39, 0.29) is 0 Å². The number of H-pyrrole nitrogens is 1. The van der Waals surface area contributed by atoms with E-state index in [1.807, 2.05) is 26.0 Å². The smallest absolute Gasteiger partial charge is 0.137 e. The van der Waals surface area contributed by atoms with Gasteiger partial charge in [-0.3, -0.25) is 0 Å². The Morgan fingerprint density at radius 2 is 2.07 bits per heavy atom. The Labute approximate surface area is 91.9 Å². The molecule has 0 aliphatic heterocycles. The van der Waals surface area contributed by atoms with Crippen molar-refractivity contribution in [2.24, 2.45) is 0 Å². The molecule has 14 heavy (non-hydrogen) atoms. The summed E-state index contributed by atoms with van der Waals surface area (Å²) in [5.41, 5.74) is 1.96. The van der Waals surface area contributed by atoms with Crippen LogP contribution < -0.4 is 0 Å². The minimum Gasteiger partial charge on any atom is -0.342 e. The second-order valence-electron chi connectivity index (χ2n) is 3.30. The minimum absolute atomic E-state index is 0.599. The minimum atomic E-state index is 0.599. The highest BCUT2D eigenvalue weighted by molar-refractivity contribution is 7.71. The number of halogens is 1. The van der Waals surface area contributed by atoms with E-state index in [2.05, 4.69) is 9.97 Å². The molecule has 0 radical (unpaired) electrons. The van der Waals surface area contributed by atoms with Crippen LogP contribution in [0.2, 0.25) is 5.02 Å². The molecule has 0 spiro atoms. The summed E-state index contributed by atoms with van der Waals surface area (Å²) in [5, 5.41) is 1.60. The maximum absolute atomic E-state index is 6.10. The molecule has 0 unspecified atom stereocenters. The molecule has 4 heteroatoms. The molecule has 2 aromatic rings. The third-order valence-corrected chi connectivity index (χ3v) is 2.65. The van der Waals surface area contributed by atoms with Crippen LogP contribution in [-0.4, -0.2) is 9.97 Å². The van der Waals surface area contributed by atoms with Crippen molar-refractivity contribution in [1.29, 1.82) is 0 Å². The molecule has 2 rings (SSSR count). The number of aromatic amines is 1.